The van der Waals surface area contributed by atoms with Crippen molar-refractivity contribution < 1.29 is 17.9 Å². The molecule has 0 fully saturated rings. The van der Waals surface area contributed by atoms with Gasteiger partial charge < -0.3 is 4.74 Å². The van der Waals surface area contributed by atoms with Crippen molar-refractivity contribution in [2.45, 2.75) is 4.90 Å². The van der Waals surface area contributed by atoms with Crippen molar-refractivity contribution in [3.05, 3.63) is 70.8 Å². The molecule has 4 nitrogen and oxygen atoms in total. The molecule has 0 N–H and O–H groups in total. The maximum atomic E-state index is 12.4. The summed E-state index contributed by atoms with van der Waals surface area (Å²) in [7, 11) is -2.42. The Morgan fingerprint density at radius 1 is 1.09 bits per heavy atom. The molecule has 0 bridgehead atoms. The standard InChI is InChI=1S/C17H15ClO4S/c1-22-17(19)14(11-13-7-9-15(18)10-8-13)12-23(20,21)16-5-3-2-4-6-16/h2-11H,12H2,1H3/b14-11-. The van der Waals surface area contributed by atoms with Crippen LogP contribution in [0.2, 0.25) is 5.02 Å². The average molecular weight is 351 g/mol. The van der Waals surface area contributed by atoms with Gasteiger partial charge in [0.05, 0.1) is 23.3 Å². The Hall–Kier alpha value is -2.11. The van der Waals surface area contributed by atoms with Gasteiger partial charge >= 0.3 is 5.97 Å². The van der Waals surface area contributed by atoms with E-state index in [2.05, 4.69) is 0 Å². The van der Waals surface area contributed by atoms with Crippen LogP contribution >= 0.6 is 11.6 Å². The molecule has 0 aliphatic carbocycles. The largest absolute Gasteiger partial charge is 0.466 e. The summed E-state index contributed by atoms with van der Waals surface area (Å²) < 4.78 is 29.6. The first-order valence-electron chi connectivity index (χ1n) is 6.74. The van der Waals surface area contributed by atoms with Gasteiger partial charge in [0.2, 0.25) is 0 Å². The van der Waals surface area contributed by atoms with E-state index in [9.17, 15) is 13.2 Å². The van der Waals surface area contributed by atoms with Crippen LogP contribution in [0.3, 0.4) is 0 Å². The molecule has 0 amide bonds. The Morgan fingerprint density at radius 3 is 2.26 bits per heavy atom. The van der Waals surface area contributed by atoms with Gasteiger partial charge in [-0.2, -0.15) is 0 Å². The predicted octanol–water partition coefficient (Wildman–Crippen LogP) is 3.37. The molecule has 0 aliphatic rings. The molecule has 0 radical (unpaired) electrons. The van der Waals surface area contributed by atoms with E-state index >= 15 is 0 Å². The fraction of sp³-hybridized carbons (Fsp3) is 0.118. The Morgan fingerprint density at radius 2 is 1.70 bits per heavy atom. The van der Waals surface area contributed by atoms with E-state index in [1.165, 1.54) is 25.3 Å². The maximum Gasteiger partial charge on any atom is 0.334 e. The number of ether oxygens (including phenoxy) is 1. The first-order chi connectivity index (χ1) is 10.9. The SMILES string of the molecule is COC(=O)/C(=C\c1ccc(Cl)cc1)CS(=O)(=O)c1ccccc1. The Kier molecular flexibility index (Phi) is 5.58. The highest BCUT2D eigenvalue weighted by Crippen LogP contribution is 2.18. The predicted molar refractivity (Wildman–Crippen MR) is 89.9 cm³/mol. The van der Waals surface area contributed by atoms with Crippen molar-refractivity contribution in [3.63, 3.8) is 0 Å². The number of carbonyl (C=O) groups is 1. The second-order valence-corrected chi connectivity index (χ2v) is 7.21. The number of methoxy groups -OCH3 is 1. The number of rotatable bonds is 5. The van der Waals surface area contributed by atoms with Crippen molar-refractivity contribution in [2.24, 2.45) is 0 Å². The van der Waals surface area contributed by atoms with Crippen molar-refractivity contribution in [1.29, 1.82) is 0 Å². The molecule has 0 unspecified atom stereocenters. The first-order valence-corrected chi connectivity index (χ1v) is 8.77. The molecule has 0 heterocycles. The number of hydrogen-bond acceptors (Lipinski definition) is 4. The minimum absolute atomic E-state index is 0.0543. The summed E-state index contributed by atoms with van der Waals surface area (Å²) in [6, 6.07) is 14.7. The van der Waals surface area contributed by atoms with Gasteiger partial charge in [0, 0.05) is 5.02 Å². The molecule has 120 valence electrons. The van der Waals surface area contributed by atoms with Crippen molar-refractivity contribution in [3.8, 4) is 0 Å². The molecule has 2 aromatic carbocycles. The number of halogens is 1. The fourth-order valence-corrected chi connectivity index (χ4v) is 3.44. The van der Waals surface area contributed by atoms with Gasteiger partial charge in [0.1, 0.15) is 0 Å². The lowest BCUT2D eigenvalue weighted by Crippen LogP contribution is -2.16. The lowest BCUT2D eigenvalue weighted by molar-refractivity contribution is -0.135. The van der Waals surface area contributed by atoms with Gasteiger partial charge in [-0.3, -0.25) is 0 Å². The molecule has 2 aromatic rings. The minimum atomic E-state index is -3.64. The monoisotopic (exact) mass is 350 g/mol. The molecule has 0 aromatic heterocycles. The van der Waals surface area contributed by atoms with Crippen LogP contribution in [0.25, 0.3) is 6.08 Å². The molecule has 0 atom stereocenters. The van der Waals surface area contributed by atoms with Gasteiger partial charge in [0.15, 0.2) is 9.84 Å². The smallest absolute Gasteiger partial charge is 0.334 e. The summed E-state index contributed by atoms with van der Waals surface area (Å²) in [6.07, 6.45) is 1.49. The van der Waals surface area contributed by atoms with E-state index < -0.39 is 21.6 Å². The summed E-state index contributed by atoms with van der Waals surface area (Å²) in [6.45, 7) is 0. The molecule has 0 aliphatic heterocycles. The number of sulfone groups is 1. The van der Waals surface area contributed by atoms with E-state index in [0.29, 0.717) is 10.6 Å². The summed E-state index contributed by atoms with van der Waals surface area (Å²) in [5.41, 5.74) is 0.719. The van der Waals surface area contributed by atoms with E-state index in [4.69, 9.17) is 16.3 Å². The van der Waals surface area contributed by atoms with Crippen LogP contribution in [-0.2, 0) is 19.4 Å². The Bertz CT molecular complexity index is 809. The lowest BCUT2D eigenvalue weighted by Gasteiger charge is -2.08. The number of carbonyl (C=O) groups excluding carboxylic acids is 1. The summed E-state index contributed by atoms with van der Waals surface area (Å²) in [5, 5.41) is 0.554. The molecule has 23 heavy (non-hydrogen) atoms. The summed E-state index contributed by atoms with van der Waals surface area (Å²) in [4.78, 5) is 12.1. The van der Waals surface area contributed by atoms with E-state index in [-0.39, 0.29) is 10.5 Å². The van der Waals surface area contributed by atoms with E-state index in [1.54, 1.807) is 42.5 Å². The highest BCUT2D eigenvalue weighted by Gasteiger charge is 2.21. The molecule has 6 heteroatoms. The van der Waals surface area contributed by atoms with Crippen molar-refractivity contribution in [2.75, 3.05) is 12.9 Å². The van der Waals surface area contributed by atoms with E-state index in [0.717, 1.165) is 0 Å². The normalized spacial score (nSPS) is 12.0. The third kappa shape index (κ3) is 4.68. The van der Waals surface area contributed by atoms with Gasteiger partial charge in [-0.1, -0.05) is 41.9 Å². The van der Waals surface area contributed by atoms with Crippen LogP contribution in [0.15, 0.2) is 65.1 Å². The van der Waals surface area contributed by atoms with Crippen LogP contribution in [0.4, 0.5) is 0 Å². The minimum Gasteiger partial charge on any atom is -0.466 e. The number of esters is 1. The molecule has 0 spiro atoms. The van der Waals surface area contributed by atoms with Crippen LogP contribution in [0.5, 0.6) is 0 Å². The number of benzene rings is 2. The molecule has 0 saturated heterocycles. The lowest BCUT2D eigenvalue weighted by atomic mass is 10.1. The maximum absolute atomic E-state index is 12.4. The number of hydrogen-bond donors (Lipinski definition) is 0. The summed E-state index contributed by atoms with van der Waals surface area (Å²) in [5.74, 6) is -1.12. The Labute approximate surface area is 140 Å². The van der Waals surface area contributed by atoms with Gasteiger partial charge in [-0.15, -0.1) is 0 Å². The molecule has 2 rings (SSSR count). The van der Waals surface area contributed by atoms with Crippen LogP contribution in [0.1, 0.15) is 5.56 Å². The fourth-order valence-electron chi connectivity index (χ4n) is 1.97. The summed E-state index contributed by atoms with van der Waals surface area (Å²) >= 11 is 5.82. The topological polar surface area (TPSA) is 60.4 Å². The highest BCUT2D eigenvalue weighted by atomic mass is 35.5. The van der Waals surface area contributed by atoms with Crippen LogP contribution in [0, 0.1) is 0 Å². The van der Waals surface area contributed by atoms with Crippen molar-refractivity contribution in [1.82, 2.24) is 0 Å². The quantitative estimate of drug-likeness (QED) is 0.612. The molecular weight excluding hydrogens is 336 g/mol. The average Bonchev–Trinajstić information content (AvgIpc) is 2.56. The second kappa shape index (κ2) is 7.44. The van der Waals surface area contributed by atoms with Crippen molar-refractivity contribution >= 4 is 33.5 Å². The zero-order valence-corrected chi connectivity index (χ0v) is 14.0. The highest BCUT2D eigenvalue weighted by molar-refractivity contribution is 7.91. The van der Waals surface area contributed by atoms with Gasteiger partial charge in [0.25, 0.3) is 0 Å². The van der Waals surface area contributed by atoms with E-state index in [1.807, 2.05) is 0 Å². The van der Waals surface area contributed by atoms with Crippen LogP contribution < -0.4 is 0 Å². The van der Waals surface area contributed by atoms with Crippen LogP contribution in [-0.4, -0.2) is 27.2 Å². The van der Waals surface area contributed by atoms with Gasteiger partial charge in [-0.05, 0) is 35.9 Å². The molecular formula is C17H15ClO4S. The molecule has 0 saturated carbocycles. The first kappa shape index (κ1) is 17.2. The third-order valence-corrected chi connectivity index (χ3v) is 5.04. The third-order valence-electron chi connectivity index (χ3n) is 3.11. The second-order valence-electron chi connectivity index (χ2n) is 4.78. The zero-order valence-electron chi connectivity index (χ0n) is 12.4. The Balaban J connectivity index is 2.37. The van der Waals surface area contributed by atoms with Gasteiger partial charge in [-0.25, -0.2) is 13.2 Å². The zero-order chi connectivity index (χ0) is 16.9.